The molecule has 7 nitrogen and oxygen atoms in total. The maximum atomic E-state index is 12.8. The lowest BCUT2D eigenvalue weighted by atomic mass is 10.0. The van der Waals surface area contributed by atoms with Gasteiger partial charge in [-0.2, -0.15) is 0 Å². The summed E-state index contributed by atoms with van der Waals surface area (Å²) in [6, 6.07) is 11.9. The molecule has 1 aliphatic rings. The van der Waals surface area contributed by atoms with E-state index in [1.165, 1.54) is 15.0 Å². The number of pyridine rings is 1. The van der Waals surface area contributed by atoms with Gasteiger partial charge in [0, 0.05) is 54.9 Å². The molecule has 8 heteroatoms. The molecule has 2 N–H and O–H groups in total. The molecule has 0 saturated carbocycles. The second-order valence-electron chi connectivity index (χ2n) is 8.31. The molecule has 1 aliphatic heterocycles. The zero-order valence-corrected chi connectivity index (χ0v) is 18.9. The molecule has 1 atom stereocenters. The molecule has 0 fully saturated rings. The molecule has 0 saturated heterocycles. The van der Waals surface area contributed by atoms with Crippen molar-refractivity contribution in [3.05, 3.63) is 74.5 Å². The van der Waals surface area contributed by atoms with Crippen LogP contribution in [-0.4, -0.2) is 44.5 Å². The van der Waals surface area contributed by atoms with Crippen molar-refractivity contribution in [3.8, 4) is 11.1 Å². The Kier molecular flexibility index (Phi) is 5.40. The third-order valence-electron chi connectivity index (χ3n) is 6.25. The number of carbonyl (C=O) groups is 1. The molecule has 5 rings (SSSR count). The lowest BCUT2D eigenvalue weighted by Crippen LogP contribution is -2.44. The van der Waals surface area contributed by atoms with Crippen LogP contribution in [0.1, 0.15) is 27.7 Å². The van der Waals surface area contributed by atoms with Crippen LogP contribution in [0.3, 0.4) is 0 Å². The molecule has 1 aromatic carbocycles. The van der Waals surface area contributed by atoms with Gasteiger partial charge < -0.3 is 5.32 Å². The first kappa shape index (κ1) is 20.7. The normalized spacial score (nSPS) is 14.9. The van der Waals surface area contributed by atoms with Crippen LogP contribution < -0.4 is 11.0 Å². The van der Waals surface area contributed by atoms with Crippen LogP contribution in [0.4, 0.5) is 0 Å². The number of hydrogen-bond donors (Lipinski definition) is 2. The Morgan fingerprint density at radius 2 is 2.16 bits per heavy atom. The first-order chi connectivity index (χ1) is 15.5. The monoisotopic (exact) mass is 447 g/mol. The lowest BCUT2D eigenvalue weighted by Gasteiger charge is -2.32. The second-order valence-corrected chi connectivity index (χ2v) is 9.31. The van der Waals surface area contributed by atoms with E-state index in [9.17, 15) is 9.59 Å². The highest BCUT2D eigenvalue weighted by molar-refractivity contribution is 7.10. The number of thiophene rings is 1. The van der Waals surface area contributed by atoms with Gasteiger partial charge in [0.1, 0.15) is 0 Å². The summed E-state index contributed by atoms with van der Waals surface area (Å²) in [6.45, 7) is 4.74. The summed E-state index contributed by atoms with van der Waals surface area (Å²) in [5, 5.41) is 5.25. The van der Waals surface area contributed by atoms with Gasteiger partial charge >= 0.3 is 5.69 Å². The molecule has 4 aromatic rings. The minimum atomic E-state index is -0.198. The summed E-state index contributed by atoms with van der Waals surface area (Å²) in [4.78, 5) is 35.6. The zero-order valence-electron chi connectivity index (χ0n) is 18.1. The number of aromatic amines is 1. The van der Waals surface area contributed by atoms with Crippen LogP contribution in [-0.2, 0) is 20.0 Å². The lowest BCUT2D eigenvalue weighted by molar-refractivity contribution is 0.0933. The van der Waals surface area contributed by atoms with Gasteiger partial charge in [0.25, 0.3) is 5.91 Å². The van der Waals surface area contributed by atoms with E-state index in [1.807, 2.05) is 41.7 Å². The number of H-pyrrole nitrogens is 1. The number of fused-ring (bicyclic) bond motifs is 2. The van der Waals surface area contributed by atoms with Gasteiger partial charge in [-0.1, -0.05) is 12.1 Å². The summed E-state index contributed by atoms with van der Waals surface area (Å²) in [6.07, 6.45) is 2.79. The molecule has 0 aliphatic carbocycles. The van der Waals surface area contributed by atoms with Crippen LogP contribution >= 0.6 is 11.3 Å². The number of nitrogens with zero attached hydrogens (tertiary/aromatic N) is 3. The van der Waals surface area contributed by atoms with Crippen LogP contribution in [0.25, 0.3) is 22.3 Å². The fraction of sp³-hybridized carbons (Fsp3) is 0.292. The molecule has 0 spiro atoms. The third-order valence-corrected chi connectivity index (χ3v) is 7.20. The Labute approximate surface area is 189 Å². The molecule has 1 unspecified atom stereocenters. The van der Waals surface area contributed by atoms with Crippen LogP contribution in [0.15, 0.2) is 52.8 Å². The van der Waals surface area contributed by atoms with Crippen molar-refractivity contribution < 1.29 is 4.79 Å². The molecule has 3 aromatic heterocycles. The summed E-state index contributed by atoms with van der Waals surface area (Å²) in [5.41, 5.74) is 4.90. The fourth-order valence-electron chi connectivity index (χ4n) is 4.20. The number of aryl methyl sites for hydroxylation is 1. The van der Waals surface area contributed by atoms with E-state index in [1.54, 1.807) is 13.2 Å². The number of amides is 1. The smallest absolute Gasteiger partial charge is 0.327 e. The van der Waals surface area contributed by atoms with E-state index in [0.717, 1.165) is 36.2 Å². The largest absolute Gasteiger partial charge is 0.350 e. The van der Waals surface area contributed by atoms with Gasteiger partial charge in [-0.25, -0.2) is 9.78 Å². The second kappa shape index (κ2) is 8.37. The molecular weight excluding hydrogens is 422 g/mol. The number of hydrogen-bond acceptors (Lipinski definition) is 5. The van der Waals surface area contributed by atoms with E-state index in [-0.39, 0.29) is 17.6 Å². The fourth-order valence-corrected chi connectivity index (χ4v) is 5.16. The number of nitrogens with one attached hydrogen (secondary N) is 2. The van der Waals surface area contributed by atoms with Crippen LogP contribution in [0, 0.1) is 0 Å². The number of imidazole rings is 1. The Bertz CT molecular complexity index is 1350. The molecular formula is C24H25N5O2S. The summed E-state index contributed by atoms with van der Waals surface area (Å²) < 4.78 is 1.53. The van der Waals surface area contributed by atoms with Crippen molar-refractivity contribution >= 4 is 28.4 Å². The van der Waals surface area contributed by atoms with E-state index in [2.05, 4.69) is 38.6 Å². The van der Waals surface area contributed by atoms with E-state index < -0.39 is 0 Å². The molecule has 0 bridgehead atoms. The quantitative estimate of drug-likeness (QED) is 0.492. The molecule has 4 heterocycles. The summed E-state index contributed by atoms with van der Waals surface area (Å²) in [7, 11) is 1.71. The Morgan fingerprint density at radius 3 is 3.03 bits per heavy atom. The molecule has 1 amide bonds. The van der Waals surface area contributed by atoms with Crippen molar-refractivity contribution in [2.45, 2.75) is 25.9 Å². The highest BCUT2D eigenvalue weighted by Crippen LogP contribution is 2.25. The topological polar surface area (TPSA) is 83.0 Å². The van der Waals surface area contributed by atoms with Crippen molar-refractivity contribution in [1.29, 1.82) is 0 Å². The van der Waals surface area contributed by atoms with Gasteiger partial charge in [-0.3, -0.25) is 19.2 Å². The molecule has 164 valence electrons. The average Bonchev–Trinajstić information content (AvgIpc) is 3.40. The SMILES string of the molecule is CC(CNC(=O)c1cccc(-c2cnc3[nH]c(=O)n(C)c3c2)c1)N1CCc2ccsc2C1. The number of aromatic nitrogens is 3. The minimum Gasteiger partial charge on any atom is -0.350 e. The van der Waals surface area contributed by atoms with E-state index in [4.69, 9.17) is 0 Å². The van der Waals surface area contributed by atoms with Crippen molar-refractivity contribution in [2.24, 2.45) is 7.05 Å². The third kappa shape index (κ3) is 3.87. The standard InChI is InChI=1S/C24H25N5O2S/c1-15(29-8-6-16-7-9-32-21(16)14-29)12-26-23(30)18-5-3-4-17(10-18)19-11-20-22(25-13-19)27-24(31)28(20)2/h3-5,7,9-11,13,15H,6,8,12,14H2,1-2H3,(H,26,30)(H,25,27,31). The predicted molar refractivity (Wildman–Crippen MR) is 127 cm³/mol. The van der Waals surface area contributed by atoms with Gasteiger partial charge in [0.05, 0.1) is 5.52 Å². The van der Waals surface area contributed by atoms with Crippen molar-refractivity contribution in [3.63, 3.8) is 0 Å². The first-order valence-electron chi connectivity index (χ1n) is 10.7. The molecule has 32 heavy (non-hydrogen) atoms. The number of carbonyl (C=O) groups excluding carboxylic acids is 1. The maximum Gasteiger partial charge on any atom is 0.327 e. The minimum absolute atomic E-state index is 0.0874. The Morgan fingerprint density at radius 1 is 1.28 bits per heavy atom. The van der Waals surface area contributed by atoms with Crippen LogP contribution in [0.5, 0.6) is 0 Å². The zero-order chi connectivity index (χ0) is 22.2. The highest BCUT2D eigenvalue weighted by atomic mass is 32.1. The number of rotatable bonds is 5. The Balaban J connectivity index is 1.27. The van der Waals surface area contributed by atoms with Gasteiger partial charge in [0.2, 0.25) is 0 Å². The van der Waals surface area contributed by atoms with Gasteiger partial charge in [-0.05, 0) is 54.1 Å². The van der Waals surface area contributed by atoms with E-state index >= 15 is 0 Å². The maximum absolute atomic E-state index is 12.8. The average molecular weight is 448 g/mol. The van der Waals surface area contributed by atoms with Gasteiger partial charge in [-0.15, -0.1) is 11.3 Å². The number of benzene rings is 1. The highest BCUT2D eigenvalue weighted by Gasteiger charge is 2.22. The molecule has 0 radical (unpaired) electrons. The predicted octanol–water partition coefficient (Wildman–Crippen LogP) is 3.17. The Hall–Kier alpha value is -3.23. The van der Waals surface area contributed by atoms with Crippen molar-refractivity contribution in [1.82, 2.24) is 24.8 Å². The first-order valence-corrected chi connectivity index (χ1v) is 11.6. The van der Waals surface area contributed by atoms with Crippen molar-refractivity contribution in [2.75, 3.05) is 13.1 Å². The van der Waals surface area contributed by atoms with Crippen LogP contribution in [0.2, 0.25) is 0 Å². The van der Waals surface area contributed by atoms with E-state index in [0.29, 0.717) is 17.8 Å². The van der Waals surface area contributed by atoms with Gasteiger partial charge in [0.15, 0.2) is 5.65 Å². The summed E-state index contributed by atoms with van der Waals surface area (Å²) in [5.74, 6) is -0.0874. The summed E-state index contributed by atoms with van der Waals surface area (Å²) >= 11 is 1.82.